The number of aromatic nitrogens is 2. The van der Waals surface area contributed by atoms with Crippen LogP contribution in [0.25, 0.3) is 0 Å². The van der Waals surface area contributed by atoms with E-state index in [-0.39, 0.29) is 5.91 Å². The first-order valence-electron chi connectivity index (χ1n) is 5.46. The molecule has 0 spiro atoms. The van der Waals surface area contributed by atoms with Crippen molar-refractivity contribution in [3.63, 3.8) is 0 Å². The average molecular weight is 306 g/mol. The van der Waals surface area contributed by atoms with Gasteiger partial charge in [0.2, 0.25) is 0 Å². The topological polar surface area (TPSA) is 54.9 Å². The summed E-state index contributed by atoms with van der Waals surface area (Å²) in [6.07, 6.45) is 3.17. The molecule has 92 valence electrons. The number of amides is 1. The van der Waals surface area contributed by atoms with Crippen molar-refractivity contribution in [3.8, 4) is 0 Å². The molecule has 2 rings (SSSR count). The van der Waals surface area contributed by atoms with Gasteiger partial charge in [0.25, 0.3) is 5.91 Å². The van der Waals surface area contributed by atoms with Gasteiger partial charge in [-0.15, -0.1) is 0 Å². The Kier molecular flexibility index (Phi) is 4.04. The van der Waals surface area contributed by atoms with Gasteiger partial charge in [-0.25, -0.2) is 0 Å². The zero-order chi connectivity index (χ0) is 13.0. The van der Waals surface area contributed by atoms with Gasteiger partial charge in [-0.3, -0.25) is 14.8 Å². The van der Waals surface area contributed by atoms with Crippen molar-refractivity contribution in [2.24, 2.45) is 0 Å². The van der Waals surface area contributed by atoms with Gasteiger partial charge in [0, 0.05) is 22.6 Å². The molecule has 5 heteroatoms. The lowest BCUT2D eigenvalue weighted by atomic mass is 10.2. The van der Waals surface area contributed by atoms with E-state index in [0.29, 0.717) is 12.1 Å². The van der Waals surface area contributed by atoms with Crippen molar-refractivity contribution in [3.05, 3.63) is 58.1 Å². The highest BCUT2D eigenvalue weighted by Crippen LogP contribution is 2.09. The minimum Gasteiger partial charge on any atom is -0.346 e. The lowest BCUT2D eigenvalue weighted by Crippen LogP contribution is -2.23. The summed E-state index contributed by atoms with van der Waals surface area (Å²) in [5.74, 6) is -0.160. The summed E-state index contributed by atoms with van der Waals surface area (Å²) < 4.78 is 0.781. The second-order valence-corrected chi connectivity index (χ2v) is 4.76. The van der Waals surface area contributed by atoms with E-state index in [9.17, 15) is 4.79 Å². The minimum atomic E-state index is -0.160. The molecule has 0 radical (unpaired) electrons. The van der Waals surface area contributed by atoms with Crippen LogP contribution in [0, 0.1) is 6.92 Å². The lowest BCUT2D eigenvalue weighted by Gasteiger charge is -2.05. The molecule has 0 aliphatic carbocycles. The van der Waals surface area contributed by atoms with Crippen molar-refractivity contribution in [2.45, 2.75) is 13.5 Å². The fourth-order valence-corrected chi connectivity index (χ4v) is 1.87. The second-order valence-electron chi connectivity index (χ2n) is 3.84. The average Bonchev–Trinajstić information content (AvgIpc) is 2.36. The van der Waals surface area contributed by atoms with E-state index in [1.54, 1.807) is 12.3 Å². The van der Waals surface area contributed by atoms with E-state index in [4.69, 9.17) is 0 Å². The summed E-state index contributed by atoms with van der Waals surface area (Å²) in [7, 11) is 0. The summed E-state index contributed by atoms with van der Waals surface area (Å²) in [5.41, 5.74) is 2.30. The molecule has 0 saturated heterocycles. The standard InChI is InChI=1S/C13H12BrN3O/c1-9-3-2-4-12(17-9)8-16-13(18)10-5-11(14)7-15-6-10/h2-7H,8H2,1H3,(H,16,18). The number of hydrogen-bond donors (Lipinski definition) is 1. The van der Waals surface area contributed by atoms with Crippen LogP contribution in [-0.2, 0) is 6.54 Å². The molecule has 1 amide bonds. The van der Waals surface area contributed by atoms with Crippen LogP contribution in [0.4, 0.5) is 0 Å². The van der Waals surface area contributed by atoms with Gasteiger partial charge in [-0.05, 0) is 41.1 Å². The van der Waals surface area contributed by atoms with Crippen LogP contribution in [0.2, 0.25) is 0 Å². The first-order chi connectivity index (χ1) is 8.65. The fourth-order valence-electron chi connectivity index (χ4n) is 1.51. The number of halogens is 1. The van der Waals surface area contributed by atoms with E-state index < -0.39 is 0 Å². The van der Waals surface area contributed by atoms with Crippen LogP contribution >= 0.6 is 15.9 Å². The van der Waals surface area contributed by atoms with Gasteiger partial charge in [-0.1, -0.05) is 6.07 Å². The number of carbonyl (C=O) groups excluding carboxylic acids is 1. The van der Waals surface area contributed by atoms with Crippen molar-refractivity contribution >= 4 is 21.8 Å². The maximum absolute atomic E-state index is 11.9. The van der Waals surface area contributed by atoms with Crippen molar-refractivity contribution < 1.29 is 4.79 Å². The predicted octanol–water partition coefficient (Wildman–Crippen LogP) is 2.48. The number of nitrogens with one attached hydrogen (secondary N) is 1. The Morgan fingerprint density at radius 2 is 2.22 bits per heavy atom. The Morgan fingerprint density at radius 3 is 2.94 bits per heavy atom. The van der Waals surface area contributed by atoms with Gasteiger partial charge >= 0.3 is 0 Å². The van der Waals surface area contributed by atoms with Gasteiger partial charge in [0.1, 0.15) is 0 Å². The fraction of sp³-hybridized carbons (Fsp3) is 0.154. The smallest absolute Gasteiger partial charge is 0.253 e. The monoisotopic (exact) mass is 305 g/mol. The maximum Gasteiger partial charge on any atom is 0.253 e. The van der Waals surface area contributed by atoms with Crippen LogP contribution in [0.3, 0.4) is 0 Å². The number of aryl methyl sites for hydroxylation is 1. The molecule has 0 fully saturated rings. The largest absolute Gasteiger partial charge is 0.346 e. The number of carbonyl (C=O) groups is 1. The molecule has 2 aromatic heterocycles. The molecule has 2 aromatic rings. The molecule has 0 atom stereocenters. The third-order valence-corrected chi connectivity index (χ3v) is 2.78. The lowest BCUT2D eigenvalue weighted by molar-refractivity contribution is 0.0950. The molecule has 2 heterocycles. The van der Waals surface area contributed by atoms with Crippen molar-refractivity contribution in [1.82, 2.24) is 15.3 Å². The summed E-state index contributed by atoms with van der Waals surface area (Å²) in [4.78, 5) is 20.1. The molecule has 0 aliphatic rings. The first-order valence-corrected chi connectivity index (χ1v) is 6.26. The first kappa shape index (κ1) is 12.7. The highest BCUT2D eigenvalue weighted by Gasteiger charge is 2.06. The predicted molar refractivity (Wildman–Crippen MR) is 72.1 cm³/mol. The molecule has 0 unspecified atom stereocenters. The maximum atomic E-state index is 11.9. The highest BCUT2D eigenvalue weighted by atomic mass is 79.9. The normalized spacial score (nSPS) is 10.1. The zero-order valence-corrected chi connectivity index (χ0v) is 11.4. The summed E-state index contributed by atoms with van der Waals surface area (Å²) in [6.45, 7) is 2.33. The molecular formula is C13H12BrN3O. The number of pyridine rings is 2. The third-order valence-electron chi connectivity index (χ3n) is 2.34. The Bertz CT molecular complexity index is 572. The van der Waals surface area contributed by atoms with Crippen molar-refractivity contribution in [1.29, 1.82) is 0 Å². The molecule has 18 heavy (non-hydrogen) atoms. The minimum absolute atomic E-state index is 0.160. The number of nitrogens with zero attached hydrogens (tertiary/aromatic N) is 2. The Morgan fingerprint density at radius 1 is 1.39 bits per heavy atom. The number of hydrogen-bond acceptors (Lipinski definition) is 3. The molecule has 4 nitrogen and oxygen atoms in total. The van der Waals surface area contributed by atoms with Crippen LogP contribution in [0.5, 0.6) is 0 Å². The molecule has 0 bridgehead atoms. The zero-order valence-electron chi connectivity index (χ0n) is 9.85. The molecular weight excluding hydrogens is 294 g/mol. The van der Waals surface area contributed by atoms with Gasteiger partial charge < -0.3 is 5.32 Å². The second kappa shape index (κ2) is 5.73. The van der Waals surface area contributed by atoms with Crippen LogP contribution in [0.1, 0.15) is 21.7 Å². The highest BCUT2D eigenvalue weighted by molar-refractivity contribution is 9.10. The van der Waals surface area contributed by atoms with Crippen LogP contribution in [-0.4, -0.2) is 15.9 Å². The van der Waals surface area contributed by atoms with Crippen molar-refractivity contribution in [2.75, 3.05) is 0 Å². The van der Waals surface area contributed by atoms with Gasteiger partial charge in [0.15, 0.2) is 0 Å². The number of rotatable bonds is 3. The summed E-state index contributed by atoms with van der Waals surface area (Å²) >= 11 is 3.28. The van der Waals surface area contributed by atoms with E-state index in [1.165, 1.54) is 6.20 Å². The quantitative estimate of drug-likeness (QED) is 0.948. The Balaban J connectivity index is 2.00. The van der Waals surface area contributed by atoms with Gasteiger partial charge in [-0.2, -0.15) is 0 Å². The van der Waals surface area contributed by atoms with Crippen LogP contribution < -0.4 is 5.32 Å². The summed E-state index contributed by atoms with van der Waals surface area (Å²) in [6, 6.07) is 7.45. The summed E-state index contributed by atoms with van der Waals surface area (Å²) in [5, 5.41) is 2.81. The molecule has 0 aromatic carbocycles. The van der Waals surface area contributed by atoms with E-state index in [1.807, 2.05) is 25.1 Å². The Hall–Kier alpha value is -1.75. The molecule has 0 aliphatic heterocycles. The third kappa shape index (κ3) is 3.37. The molecule has 1 N–H and O–H groups in total. The Labute approximate surface area is 114 Å². The molecule has 0 saturated carbocycles. The van der Waals surface area contributed by atoms with E-state index in [2.05, 4.69) is 31.2 Å². The van der Waals surface area contributed by atoms with Crippen LogP contribution in [0.15, 0.2) is 41.1 Å². The van der Waals surface area contributed by atoms with E-state index >= 15 is 0 Å². The van der Waals surface area contributed by atoms with E-state index in [0.717, 1.165) is 15.9 Å². The SMILES string of the molecule is Cc1cccc(CNC(=O)c2cncc(Br)c2)n1. The van der Waals surface area contributed by atoms with Gasteiger partial charge in [0.05, 0.1) is 17.8 Å².